The summed E-state index contributed by atoms with van der Waals surface area (Å²) in [5, 5.41) is 6.95. The number of ether oxygens (including phenoxy) is 1. The molecule has 1 saturated heterocycles. The molecule has 2 fully saturated rings. The van der Waals surface area contributed by atoms with Crippen molar-refractivity contribution in [2.75, 3.05) is 19.8 Å². The Labute approximate surface area is 212 Å². The number of benzene rings is 1. The molecule has 194 valence electrons. The lowest BCUT2D eigenvalue weighted by molar-refractivity contribution is -0.120. The van der Waals surface area contributed by atoms with E-state index in [0.717, 1.165) is 60.9 Å². The first-order valence-electron chi connectivity index (χ1n) is 12.8. The number of nitrogens with zero attached hydrogens (tertiary/aromatic N) is 4. The Bertz CT molecular complexity index is 1360. The van der Waals surface area contributed by atoms with E-state index in [4.69, 9.17) is 9.72 Å². The summed E-state index contributed by atoms with van der Waals surface area (Å²) in [6.45, 7) is 9.44. The van der Waals surface area contributed by atoms with Crippen LogP contribution in [0, 0.1) is 11.8 Å². The van der Waals surface area contributed by atoms with E-state index in [1.165, 1.54) is 12.4 Å². The number of hydrogen-bond donors (Lipinski definition) is 1. The van der Waals surface area contributed by atoms with Gasteiger partial charge in [-0.3, -0.25) is 4.79 Å². The van der Waals surface area contributed by atoms with Crippen LogP contribution in [0.15, 0.2) is 35.5 Å². The molecule has 1 aliphatic heterocycles. The monoisotopic (exact) mass is 513 g/mol. The summed E-state index contributed by atoms with van der Waals surface area (Å²) in [5.74, 6) is 1.91. The third-order valence-corrected chi connectivity index (χ3v) is 8.52. The molecule has 2 aromatic heterocycles. The van der Waals surface area contributed by atoms with E-state index >= 15 is 0 Å². The molecule has 36 heavy (non-hydrogen) atoms. The second-order valence-corrected chi connectivity index (χ2v) is 12.9. The standard InChI is InChI=1S/C26H35N5O4S/c1-26(2,3)25-29-22-13-21(6-7-23(22)30(25)16-19-8-10-35-11-9-19)36(33,34)31-17-20(15-28-31)12-24(32)27-14-18-4-5-18/h6-7,13,15,17-19H,4-5,8-12,14,16H2,1-3H3,(H,27,32). The quantitative estimate of drug-likeness (QED) is 0.495. The van der Waals surface area contributed by atoms with Crippen molar-refractivity contribution in [3.8, 4) is 0 Å². The first kappa shape index (κ1) is 25.0. The molecule has 3 aromatic rings. The van der Waals surface area contributed by atoms with Crippen LogP contribution in [0.1, 0.15) is 57.8 Å². The molecule has 0 unspecified atom stereocenters. The molecule has 5 rings (SSSR count). The van der Waals surface area contributed by atoms with Crippen molar-refractivity contribution in [3.05, 3.63) is 42.0 Å². The predicted octanol–water partition coefficient (Wildman–Crippen LogP) is 3.26. The van der Waals surface area contributed by atoms with Crippen LogP contribution in [0.5, 0.6) is 0 Å². The summed E-state index contributed by atoms with van der Waals surface area (Å²) in [7, 11) is -3.92. The van der Waals surface area contributed by atoms with E-state index in [0.29, 0.717) is 29.5 Å². The molecule has 1 saturated carbocycles. The smallest absolute Gasteiger partial charge is 0.283 e. The molecule has 1 N–H and O–H groups in total. The summed E-state index contributed by atoms with van der Waals surface area (Å²) in [5.41, 5.74) is 1.95. The van der Waals surface area contributed by atoms with E-state index in [2.05, 4.69) is 35.8 Å². The van der Waals surface area contributed by atoms with Gasteiger partial charge < -0.3 is 14.6 Å². The van der Waals surface area contributed by atoms with Crippen molar-refractivity contribution in [1.82, 2.24) is 24.1 Å². The number of fused-ring (bicyclic) bond motifs is 1. The van der Waals surface area contributed by atoms with Gasteiger partial charge in [0.1, 0.15) is 5.82 Å². The molecule has 1 aromatic carbocycles. The number of rotatable bonds is 8. The molecule has 0 bridgehead atoms. The Morgan fingerprint density at radius 1 is 1.14 bits per heavy atom. The zero-order valence-electron chi connectivity index (χ0n) is 21.2. The molecule has 1 amide bonds. The largest absolute Gasteiger partial charge is 0.381 e. The zero-order valence-corrected chi connectivity index (χ0v) is 22.1. The normalized spacial score (nSPS) is 17.5. The van der Waals surface area contributed by atoms with Crippen LogP contribution in [-0.2, 0) is 37.9 Å². The third-order valence-electron chi connectivity index (χ3n) is 6.98. The van der Waals surface area contributed by atoms with Crippen LogP contribution in [0.3, 0.4) is 0 Å². The maximum absolute atomic E-state index is 13.4. The molecular formula is C26H35N5O4S. The number of nitrogens with one attached hydrogen (secondary N) is 1. The highest BCUT2D eigenvalue weighted by Crippen LogP contribution is 2.31. The van der Waals surface area contributed by atoms with Crippen LogP contribution < -0.4 is 5.32 Å². The van der Waals surface area contributed by atoms with Gasteiger partial charge in [0.05, 0.1) is 28.5 Å². The molecule has 0 radical (unpaired) electrons. The fourth-order valence-corrected chi connectivity index (χ4v) is 5.87. The Morgan fingerprint density at radius 3 is 2.58 bits per heavy atom. The summed E-state index contributed by atoms with van der Waals surface area (Å²) >= 11 is 0. The van der Waals surface area contributed by atoms with Gasteiger partial charge in [-0.15, -0.1) is 0 Å². The SMILES string of the molecule is CC(C)(C)c1nc2cc(S(=O)(=O)n3cc(CC(=O)NCC4CC4)cn3)ccc2n1CC1CCOCC1. The van der Waals surface area contributed by atoms with Crippen molar-refractivity contribution in [1.29, 1.82) is 0 Å². The van der Waals surface area contributed by atoms with Crippen molar-refractivity contribution < 1.29 is 17.9 Å². The molecule has 9 nitrogen and oxygen atoms in total. The maximum atomic E-state index is 13.4. The van der Waals surface area contributed by atoms with E-state index in [1.54, 1.807) is 12.1 Å². The number of amides is 1. The fourth-order valence-electron chi connectivity index (χ4n) is 4.71. The molecule has 0 spiro atoms. The van der Waals surface area contributed by atoms with E-state index in [9.17, 15) is 13.2 Å². The zero-order chi connectivity index (χ0) is 25.5. The van der Waals surface area contributed by atoms with Crippen LogP contribution in [0.25, 0.3) is 11.0 Å². The lowest BCUT2D eigenvalue weighted by Gasteiger charge is -2.26. The summed E-state index contributed by atoms with van der Waals surface area (Å²) < 4.78 is 35.4. The lowest BCUT2D eigenvalue weighted by atomic mass is 9.94. The van der Waals surface area contributed by atoms with Crippen LogP contribution in [-0.4, -0.2) is 52.8 Å². The first-order chi connectivity index (χ1) is 17.1. The number of imidazole rings is 1. The number of hydrogen-bond acceptors (Lipinski definition) is 6. The highest BCUT2D eigenvalue weighted by atomic mass is 32.2. The number of aromatic nitrogens is 4. The van der Waals surface area contributed by atoms with Gasteiger partial charge in [0, 0.05) is 43.5 Å². The first-order valence-corrected chi connectivity index (χ1v) is 14.2. The molecule has 1 aliphatic carbocycles. The molecular weight excluding hydrogens is 478 g/mol. The molecule has 0 atom stereocenters. The molecule has 10 heteroatoms. The topological polar surface area (TPSA) is 108 Å². The maximum Gasteiger partial charge on any atom is 0.283 e. The molecule has 3 heterocycles. The van der Waals surface area contributed by atoms with Gasteiger partial charge in [0.15, 0.2) is 0 Å². The van der Waals surface area contributed by atoms with Gasteiger partial charge in [-0.1, -0.05) is 20.8 Å². The number of carbonyl (C=O) groups is 1. The fraction of sp³-hybridized carbons (Fsp3) is 0.577. The van der Waals surface area contributed by atoms with Gasteiger partial charge in [0.2, 0.25) is 5.91 Å². The Morgan fingerprint density at radius 2 is 1.89 bits per heavy atom. The third kappa shape index (κ3) is 5.34. The van der Waals surface area contributed by atoms with Gasteiger partial charge in [-0.05, 0) is 55.7 Å². The van der Waals surface area contributed by atoms with Crippen LogP contribution in [0.2, 0.25) is 0 Å². The van der Waals surface area contributed by atoms with E-state index in [-0.39, 0.29) is 22.6 Å². The molecule has 2 aliphatic rings. The van der Waals surface area contributed by atoms with E-state index < -0.39 is 10.0 Å². The minimum Gasteiger partial charge on any atom is -0.381 e. The average Bonchev–Trinajstić information content (AvgIpc) is 3.42. The number of carbonyl (C=O) groups excluding carboxylic acids is 1. The van der Waals surface area contributed by atoms with Crippen LogP contribution >= 0.6 is 0 Å². The van der Waals surface area contributed by atoms with Crippen molar-refractivity contribution in [2.45, 2.75) is 69.7 Å². The Hall–Kier alpha value is -2.72. The van der Waals surface area contributed by atoms with Crippen molar-refractivity contribution in [2.24, 2.45) is 11.8 Å². The van der Waals surface area contributed by atoms with Gasteiger partial charge >= 0.3 is 0 Å². The summed E-state index contributed by atoms with van der Waals surface area (Å²) in [4.78, 5) is 17.2. The summed E-state index contributed by atoms with van der Waals surface area (Å²) in [6, 6.07) is 5.10. The predicted molar refractivity (Wildman–Crippen MR) is 136 cm³/mol. The average molecular weight is 514 g/mol. The Balaban J connectivity index is 1.40. The lowest BCUT2D eigenvalue weighted by Crippen LogP contribution is -2.26. The van der Waals surface area contributed by atoms with Crippen molar-refractivity contribution in [3.63, 3.8) is 0 Å². The minimum atomic E-state index is -3.92. The Kier molecular flexibility index (Phi) is 6.67. The highest BCUT2D eigenvalue weighted by Gasteiger charge is 2.27. The summed E-state index contributed by atoms with van der Waals surface area (Å²) in [6.07, 6.45) is 7.30. The van der Waals surface area contributed by atoms with Crippen molar-refractivity contribution >= 4 is 27.0 Å². The van der Waals surface area contributed by atoms with Gasteiger partial charge in [-0.2, -0.15) is 17.6 Å². The second kappa shape index (κ2) is 9.63. The minimum absolute atomic E-state index is 0.104. The van der Waals surface area contributed by atoms with Crippen LogP contribution in [0.4, 0.5) is 0 Å². The van der Waals surface area contributed by atoms with Gasteiger partial charge in [0.25, 0.3) is 10.0 Å². The van der Waals surface area contributed by atoms with E-state index in [1.807, 2.05) is 6.07 Å². The van der Waals surface area contributed by atoms with Gasteiger partial charge in [-0.25, -0.2) is 4.98 Å². The highest BCUT2D eigenvalue weighted by molar-refractivity contribution is 7.89. The second-order valence-electron chi connectivity index (χ2n) is 11.2.